The Morgan fingerprint density at radius 1 is 0.786 bits per heavy atom. The summed E-state index contributed by atoms with van der Waals surface area (Å²) in [4.78, 5) is 0. The van der Waals surface area contributed by atoms with Crippen molar-refractivity contribution < 1.29 is 4.57 Å². The van der Waals surface area contributed by atoms with E-state index in [1.54, 1.807) is 0 Å². The van der Waals surface area contributed by atoms with Crippen molar-refractivity contribution in [2.24, 2.45) is 5.92 Å². The molecule has 0 radical (unpaired) electrons. The number of rotatable bonds is 6. The average Bonchev–Trinajstić information content (AvgIpc) is 3.25. The van der Waals surface area contributed by atoms with Crippen LogP contribution in [0.25, 0.3) is 0 Å². The van der Waals surface area contributed by atoms with Crippen molar-refractivity contribution in [2.75, 3.05) is 0 Å². The van der Waals surface area contributed by atoms with Gasteiger partial charge < -0.3 is 0 Å². The Hall–Kier alpha value is -1.81. The van der Waals surface area contributed by atoms with Gasteiger partial charge in [-0.15, -0.1) is 0 Å². The summed E-state index contributed by atoms with van der Waals surface area (Å²) >= 11 is 0. The zero-order valence-electron chi connectivity index (χ0n) is 16.3. The van der Waals surface area contributed by atoms with Gasteiger partial charge in [0.15, 0.2) is 11.0 Å². The number of hydrogen-bond donors (Lipinski definition) is 0. The lowest BCUT2D eigenvalue weighted by Crippen LogP contribution is -2.30. The van der Waals surface area contributed by atoms with E-state index in [0.29, 0.717) is 17.2 Å². The first kappa shape index (κ1) is 19.5. The van der Waals surface area contributed by atoms with Crippen molar-refractivity contribution in [1.82, 2.24) is 0 Å². The quantitative estimate of drug-likeness (QED) is 0.472. The van der Waals surface area contributed by atoms with Gasteiger partial charge in [-0.2, -0.15) is 0 Å². The molecule has 0 saturated heterocycles. The van der Waals surface area contributed by atoms with E-state index in [1.807, 2.05) is 30.3 Å². The van der Waals surface area contributed by atoms with Crippen LogP contribution in [0.2, 0.25) is 0 Å². The fourth-order valence-corrected chi connectivity index (χ4v) is 9.70. The minimum absolute atomic E-state index is 0.296. The molecule has 3 unspecified atom stereocenters. The second-order valence-corrected chi connectivity index (χ2v) is 12.0. The van der Waals surface area contributed by atoms with Crippen molar-refractivity contribution in [2.45, 2.75) is 37.5 Å². The van der Waals surface area contributed by atoms with Gasteiger partial charge in [-0.05, 0) is 55.6 Å². The number of hydrogen-bond acceptors (Lipinski definition) is 1. The molecule has 1 aliphatic rings. The average molecular weight is 405 g/mol. The highest BCUT2D eigenvalue weighted by Crippen LogP contribution is 2.52. The first-order valence-electron chi connectivity index (χ1n) is 10.2. The predicted octanol–water partition coefficient (Wildman–Crippen LogP) is 5.83. The fourth-order valence-electron chi connectivity index (χ4n) is 4.58. The molecule has 1 nitrogen and oxygen atoms in total. The normalized spacial score (nSPS) is 20.9. The van der Waals surface area contributed by atoms with E-state index in [-0.39, 0.29) is 0 Å². The van der Waals surface area contributed by atoms with Crippen LogP contribution in [0.5, 0.6) is 0 Å². The molecule has 3 aromatic rings. The molecule has 1 saturated carbocycles. The SMILES string of the molecule is C[C@@H](C1CCCC1[P+](=O)c1ccccc1)P(c1ccccc1)c1ccccc1. The van der Waals surface area contributed by atoms with Crippen LogP contribution in [-0.4, -0.2) is 11.3 Å². The van der Waals surface area contributed by atoms with Crippen LogP contribution in [0.15, 0.2) is 91.0 Å². The van der Waals surface area contributed by atoms with Gasteiger partial charge in [-0.3, -0.25) is 0 Å². The summed E-state index contributed by atoms with van der Waals surface area (Å²) in [5, 5.41) is 3.87. The van der Waals surface area contributed by atoms with Crippen LogP contribution in [0.3, 0.4) is 0 Å². The van der Waals surface area contributed by atoms with Gasteiger partial charge in [0.25, 0.3) is 0 Å². The zero-order valence-corrected chi connectivity index (χ0v) is 18.1. The van der Waals surface area contributed by atoms with Crippen LogP contribution >= 0.6 is 15.7 Å². The molecule has 4 rings (SSSR count). The second-order valence-electron chi connectivity index (χ2n) is 7.61. The highest BCUT2D eigenvalue weighted by molar-refractivity contribution is 7.73. The molecule has 1 aliphatic carbocycles. The standard InChI is InChI=1S/C25H27OP2/c1-20(24-18-11-19-25(24)28(26)23-16-9-4-10-17-23)27(21-12-5-2-6-13-21)22-14-7-3-8-15-22/h2-10,12-17,20,24-25H,11,18-19H2,1H3/q+1/t20-,24?,25?/m0/s1. The van der Waals surface area contributed by atoms with E-state index in [2.05, 4.69) is 67.6 Å². The van der Waals surface area contributed by atoms with Crippen molar-refractivity contribution in [1.29, 1.82) is 0 Å². The first-order chi connectivity index (χ1) is 13.8. The smallest absolute Gasteiger partial charge is 0.0677 e. The lowest BCUT2D eigenvalue weighted by Gasteiger charge is -2.30. The predicted molar refractivity (Wildman–Crippen MR) is 123 cm³/mol. The Bertz CT molecular complexity index is 856. The molecule has 28 heavy (non-hydrogen) atoms. The highest BCUT2D eigenvalue weighted by Gasteiger charge is 2.46. The van der Waals surface area contributed by atoms with Gasteiger partial charge in [0, 0.05) is 5.92 Å². The Morgan fingerprint density at radius 2 is 1.29 bits per heavy atom. The third kappa shape index (κ3) is 4.12. The molecular formula is C25H27OP2+. The maximum absolute atomic E-state index is 13.4. The molecule has 3 heteroatoms. The van der Waals surface area contributed by atoms with Gasteiger partial charge >= 0.3 is 7.80 Å². The lowest BCUT2D eigenvalue weighted by atomic mass is 10.0. The first-order valence-corrected chi connectivity index (χ1v) is 12.9. The van der Waals surface area contributed by atoms with Crippen molar-refractivity contribution in [3.8, 4) is 0 Å². The summed E-state index contributed by atoms with van der Waals surface area (Å²) in [5.41, 5.74) is 0.805. The molecule has 0 heterocycles. The van der Waals surface area contributed by atoms with Crippen LogP contribution in [0.1, 0.15) is 26.2 Å². The van der Waals surface area contributed by atoms with E-state index < -0.39 is 15.7 Å². The maximum Gasteiger partial charge on any atom is 0.380 e. The largest absolute Gasteiger partial charge is 0.380 e. The van der Waals surface area contributed by atoms with Crippen LogP contribution < -0.4 is 15.9 Å². The lowest BCUT2D eigenvalue weighted by molar-refractivity contribution is 0.523. The third-order valence-corrected chi connectivity index (χ3v) is 10.9. The molecule has 0 aromatic heterocycles. The van der Waals surface area contributed by atoms with E-state index in [0.717, 1.165) is 11.7 Å². The van der Waals surface area contributed by atoms with Gasteiger partial charge in [-0.1, -0.05) is 90.4 Å². The molecule has 0 spiro atoms. The maximum atomic E-state index is 13.4. The second kappa shape index (κ2) is 9.13. The van der Waals surface area contributed by atoms with Crippen LogP contribution in [0.4, 0.5) is 0 Å². The zero-order chi connectivity index (χ0) is 19.3. The van der Waals surface area contributed by atoms with E-state index in [9.17, 15) is 4.57 Å². The van der Waals surface area contributed by atoms with Crippen molar-refractivity contribution in [3.05, 3.63) is 91.0 Å². The van der Waals surface area contributed by atoms with Crippen LogP contribution in [0, 0.1) is 5.92 Å². The molecule has 0 aliphatic heterocycles. The minimum atomic E-state index is -1.35. The summed E-state index contributed by atoms with van der Waals surface area (Å²) < 4.78 is 13.4. The molecule has 3 aromatic carbocycles. The van der Waals surface area contributed by atoms with E-state index >= 15 is 0 Å². The van der Waals surface area contributed by atoms with Gasteiger partial charge in [0.1, 0.15) is 0 Å². The van der Waals surface area contributed by atoms with Crippen molar-refractivity contribution in [3.63, 3.8) is 0 Å². The fraction of sp³-hybridized carbons (Fsp3) is 0.280. The summed E-state index contributed by atoms with van der Waals surface area (Å²) in [6.07, 6.45) is 3.48. The molecule has 0 amide bonds. The van der Waals surface area contributed by atoms with E-state index in [1.165, 1.54) is 23.5 Å². The third-order valence-electron chi connectivity index (χ3n) is 5.94. The molecule has 0 bridgehead atoms. The molecule has 142 valence electrons. The summed E-state index contributed by atoms with van der Waals surface area (Å²) in [6, 6.07) is 32.0. The van der Waals surface area contributed by atoms with Crippen LogP contribution in [-0.2, 0) is 4.57 Å². The van der Waals surface area contributed by atoms with Gasteiger partial charge in [-0.25, -0.2) is 0 Å². The Morgan fingerprint density at radius 3 is 1.82 bits per heavy atom. The van der Waals surface area contributed by atoms with Crippen molar-refractivity contribution >= 4 is 31.6 Å². The highest BCUT2D eigenvalue weighted by atomic mass is 31.1. The summed E-state index contributed by atoms with van der Waals surface area (Å²) in [7, 11) is -1.82. The molecule has 1 fully saturated rings. The van der Waals surface area contributed by atoms with Gasteiger partial charge in [0.05, 0.1) is 0 Å². The monoisotopic (exact) mass is 405 g/mol. The summed E-state index contributed by atoms with van der Waals surface area (Å²) in [5.74, 6) is 0.510. The summed E-state index contributed by atoms with van der Waals surface area (Å²) in [6.45, 7) is 2.41. The Labute approximate surface area is 170 Å². The Kier molecular flexibility index (Phi) is 6.36. The number of benzene rings is 3. The Balaban J connectivity index is 1.66. The molecule has 0 N–H and O–H groups in total. The molecule has 4 atom stereocenters. The van der Waals surface area contributed by atoms with E-state index in [4.69, 9.17) is 0 Å². The van der Waals surface area contributed by atoms with Gasteiger partial charge in [0.2, 0.25) is 0 Å². The molecular weight excluding hydrogens is 378 g/mol. The topological polar surface area (TPSA) is 17.1 Å². The minimum Gasteiger partial charge on any atom is -0.0677 e.